The Morgan fingerprint density at radius 2 is 2.25 bits per heavy atom. The van der Waals surface area contributed by atoms with Crippen molar-refractivity contribution in [2.24, 2.45) is 0 Å². The number of halogens is 1. The molecule has 2 aromatic heterocycles. The molecule has 2 rings (SSSR count). The molecule has 7 heteroatoms. The first-order chi connectivity index (χ1) is 9.56. The molecular formula is C13H17BrN4OS. The Balaban J connectivity index is 1.83. The second-order valence-corrected chi connectivity index (χ2v) is 6.49. The second kappa shape index (κ2) is 7.01. The van der Waals surface area contributed by atoms with E-state index in [-0.39, 0.29) is 5.56 Å². The van der Waals surface area contributed by atoms with Gasteiger partial charge in [-0.05, 0) is 22.0 Å². The summed E-state index contributed by atoms with van der Waals surface area (Å²) in [6.45, 7) is 2.09. The van der Waals surface area contributed by atoms with Gasteiger partial charge in [-0.2, -0.15) is 5.10 Å². The van der Waals surface area contributed by atoms with Gasteiger partial charge in [0.05, 0.1) is 18.4 Å². The number of nitrogens with one attached hydrogen (secondary N) is 1. The van der Waals surface area contributed by atoms with Gasteiger partial charge in [0, 0.05) is 48.0 Å². The molecule has 0 aliphatic heterocycles. The second-order valence-electron chi connectivity index (χ2n) is 4.58. The smallest absolute Gasteiger partial charge is 0.268 e. The Labute approximate surface area is 130 Å². The lowest BCUT2D eigenvalue weighted by Crippen LogP contribution is -2.29. The van der Waals surface area contributed by atoms with Gasteiger partial charge >= 0.3 is 0 Å². The quantitative estimate of drug-likeness (QED) is 0.803. The summed E-state index contributed by atoms with van der Waals surface area (Å²) in [5, 5.41) is 9.53. The van der Waals surface area contributed by atoms with Crippen molar-refractivity contribution in [2.75, 3.05) is 25.5 Å². The van der Waals surface area contributed by atoms with Gasteiger partial charge < -0.3 is 10.2 Å². The van der Waals surface area contributed by atoms with E-state index in [0.29, 0.717) is 13.1 Å². The molecule has 0 aromatic carbocycles. The van der Waals surface area contributed by atoms with Crippen LogP contribution in [0.25, 0.3) is 0 Å². The highest BCUT2D eigenvalue weighted by Gasteiger charge is 2.02. The van der Waals surface area contributed by atoms with E-state index >= 15 is 0 Å². The third-order valence-corrected chi connectivity index (χ3v) is 4.49. The topological polar surface area (TPSA) is 50.2 Å². The standard InChI is InChI=1S/C13H17BrN4OS/c1-17(2)11-6-13(19)18(16-7-11)4-3-15-8-12-5-10(14)9-20-12/h5-7,9,15H,3-4,8H2,1-2H3. The van der Waals surface area contributed by atoms with Crippen LogP contribution in [0.2, 0.25) is 0 Å². The van der Waals surface area contributed by atoms with E-state index in [1.807, 2.05) is 19.0 Å². The normalized spacial score (nSPS) is 10.8. The van der Waals surface area contributed by atoms with Crippen molar-refractivity contribution in [2.45, 2.75) is 13.1 Å². The van der Waals surface area contributed by atoms with Crippen LogP contribution in [0.1, 0.15) is 4.88 Å². The van der Waals surface area contributed by atoms with Crippen LogP contribution >= 0.6 is 27.3 Å². The van der Waals surface area contributed by atoms with Crippen LogP contribution < -0.4 is 15.8 Å². The van der Waals surface area contributed by atoms with Gasteiger partial charge in [-0.1, -0.05) is 0 Å². The summed E-state index contributed by atoms with van der Waals surface area (Å²) in [5.41, 5.74) is 0.750. The number of nitrogens with zero attached hydrogens (tertiary/aromatic N) is 3. The monoisotopic (exact) mass is 356 g/mol. The van der Waals surface area contributed by atoms with Crippen molar-refractivity contribution in [3.8, 4) is 0 Å². The average Bonchev–Trinajstić information content (AvgIpc) is 2.81. The van der Waals surface area contributed by atoms with Crippen LogP contribution in [-0.4, -0.2) is 30.4 Å². The molecular weight excluding hydrogens is 340 g/mol. The molecule has 0 aliphatic carbocycles. The molecule has 0 aliphatic rings. The Morgan fingerprint density at radius 3 is 2.85 bits per heavy atom. The van der Waals surface area contributed by atoms with E-state index in [0.717, 1.165) is 16.7 Å². The molecule has 5 nitrogen and oxygen atoms in total. The zero-order valence-corrected chi connectivity index (χ0v) is 13.9. The summed E-state index contributed by atoms with van der Waals surface area (Å²) in [4.78, 5) is 15.0. The largest absolute Gasteiger partial charge is 0.376 e. The summed E-state index contributed by atoms with van der Waals surface area (Å²) in [5.74, 6) is 0. The van der Waals surface area contributed by atoms with Crippen LogP contribution in [0.3, 0.4) is 0 Å². The molecule has 0 unspecified atom stereocenters. The predicted octanol–water partition coefficient (Wildman–Crippen LogP) is 1.92. The van der Waals surface area contributed by atoms with Crippen molar-refractivity contribution in [1.82, 2.24) is 15.1 Å². The lowest BCUT2D eigenvalue weighted by atomic mass is 10.4. The molecule has 0 spiro atoms. The van der Waals surface area contributed by atoms with Crippen molar-refractivity contribution < 1.29 is 0 Å². The fraction of sp³-hybridized carbons (Fsp3) is 0.385. The van der Waals surface area contributed by atoms with E-state index in [2.05, 4.69) is 37.8 Å². The predicted molar refractivity (Wildman–Crippen MR) is 86.5 cm³/mol. The third kappa shape index (κ3) is 4.16. The fourth-order valence-electron chi connectivity index (χ4n) is 1.68. The third-order valence-electron chi connectivity index (χ3n) is 2.79. The summed E-state index contributed by atoms with van der Waals surface area (Å²) in [7, 11) is 3.78. The summed E-state index contributed by atoms with van der Waals surface area (Å²) in [6.07, 6.45) is 1.71. The number of hydrogen-bond donors (Lipinski definition) is 1. The van der Waals surface area contributed by atoms with Gasteiger partial charge in [-0.15, -0.1) is 11.3 Å². The highest BCUT2D eigenvalue weighted by molar-refractivity contribution is 9.10. The number of aromatic nitrogens is 2. The van der Waals surface area contributed by atoms with E-state index in [9.17, 15) is 4.79 Å². The number of rotatable bonds is 6. The summed E-state index contributed by atoms with van der Waals surface area (Å²) in [6, 6.07) is 3.69. The minimum atomic E-state index is -0.0723. The molecule has 1 N–H and O–H groups in total. The molecule has 0 radical (unpaired) electrons. The van der Waals surface area contributed by atoms with Crippen LogP contribution in [0.5, 0.6) is 0 Å². The molecule has 0 atom stereocenters. The average molecular weight is 357 g/mol. The maximum atomic E-state index is 11.9. The lowest BCUT2D eigenvalue weighted by molar-refractivity contribution is 0.533. The molecule has 0 saturated heterocycles. The van der Waals surface area contributed by atoms with Gasteiger partial charge in [-0.25, -0.2) is 4.68 Å². The fourth-order valence-corrected chi connectivity index (χ4v) is 3.10. The molecule has 0 amide bonds. The maximum Gasteiger partial charge on any atom is 0.268 e. The van der Waals surface area contributed by atoms with Gasteiger partial charge in [0.1, 0.15) is 0 Å². The minimum absolute atomic E-state index is 0.0723. The minimum Gasteiger partial charge on any atom is -0.376 e. The molecule has 0 bridgehead atoms. The lowest BCUT2D eigenvalue weighted by Gasteiger charge is -2.12. The zero-order valence-electron chi connectivity index (χ0n) is 11.5. The first kappa shape index (κ1) is 15.2. The first-order valence-electron chi connectivity index (χ1n) is 6.24. The Kier molecular flexibility index (Phi) is 5.33. The number of anilines is 1. The Hall–Kier alpha value is -1.18. The van der Waals surface area contributed by atoms with Crippen LogP contribution in [0, 0.1) is 0 Å². The van der Waals surface area contributed by atoms with Crippen LogP contribution in [-0.2, 0) is 13.1 Å². The molecule has 20 heavy (non-hydrogen) atoms. The van der Waals surface area contributed by atoms with Gasteiger partial charge in [0.15, 0.2) is 0 Å². The van der Waals surface area contributed by atoms with Crippen molar-refractivity contribution in [3.63, 3.8) is 0 Å². The van der Waals surface area contributed by atoms with Crippen LogP contribution in [0.15, 0.2) is 33.0 Å². The van der Waals surface area contributed by atoms with Gasteiger partial charge in [-0.3, -0.25) is 4.79 Å². The molecule has 2 heterocycles. The number of thiophene rings is 1. The molecule has 2 aromatic rings. The highest BCUT2D eigenvalue weighted by Crippen LogP contribution is 2.19. The number of hydrogen-bond acceptors (Lipinski definition) is 5. The SMILES string of the molecule is CN(C)c1cnn(CCNCc2cc(Br)cs2)c(=O)c1. The Bertz CT molecular complexity index is 623. The molecule has 0 saturated carbocycles. The first-order valence-corrected chi connectivity index (χ1v) is 7.91. The summed E-state index contributed by atoms with van der Waals surface area (Å²) < 4.78 is 2.58. The Morgan fingerprint density at radius 1 is 1.45 bits per heavy atom. The van der Waals surface area contributed by atoms with E-state index in [4.69, 9.17) is 0 Å². The van der Waals surface area contributed by atoms with E-state index < -0.39 is 0 Å². The van der Waals surface area contributed by atoms with E-state index in [1.165, 1.54) is 9.56 Å². The summed E-state index contributed by atoms with van der Waals surface area (Å²) >= 11 is 5.13. The highest BCUT2D eigenvalue weighted by atomic mass is 79.9. The maximum absolute atomic E-state index is 11.9. The zero-order chi connectivity index (χ0) is 14.5. The van der Waals surface area contributed by atoms with Crippen molar-refractivity contribution >= 4 is 33.0 Å². The van der Waals surface area contributed by atoms with Crippen molar-refractivity contribution in [1.29, 1.82) is 0 Å². The van der Waals surface area contributed by atoms with Gasteiger partial charge in [0.2, 0.25) is 0 Å². The van der Waals surface area contributed by atoms with Gasteiger partial charge in [0.25, 0.3) is 5.56 Å². The van der Waals surface area contributed by atoms with Crippen LogP contribution in [0.4, 0.5) is 5.69 Å². The van der Waals surface area contributed by atoms with E-state index in [1.54, 1.807) is 23.6 Å². The van der Waals surface area contributed by atoms with Crippen molar-refractivity contribution in [3.05, 3.63) is 43.4 Å². The molecule has 0 fully saturated rings. The molecule has 108 valence electrons.